The number of carbonyl (C=O) groups excluding carboxylic acids is 1. The molecule has 0 aromatic carbocycles. The van der Waals surface area contributed by atoms with E-state index in [0.717, 1.165) is 25.2 Å². The zero-order chi connectivity index (χ0) is 15.4. The average Bonchev–Trinajstić information content (AvgIpc) is 3.05. The van der Waals surface area contributed by atoms with Gasteiger partial charge in [0.1, 0.15) is 0 Å². The van der Waals surface area contributed by atoms with Crippen LogP contribution >= 0.6 is 0 Å². The van der Waals surface area contributed by atoms with E-state index in [4.69, 9.17) is 4.74 Å². The highest BCUT2D eigenvalue weighted by atomic mass is 32.2. The molecule has 4 fully saturated rings. The van der Waals surface area contributed by atoms with E-state index < -0.39 is 10.0 Å². The fourth-order valence-corrected chi connectivity index (χ4v) is 7.14. The number of hydrogen-bond acceptors (Lipinski definition) is 4. The Morgan fingerprint density at radius 2 is 2.05 bits per heavy atom. The van der Waals surface area contributed by atoms with Crippen LogP contribution in [0.15, 0.2) is 0 Å². The normalized spacial score (nSPS) is 41.8. The van der Waals surface area contributed by atoms with Gasteiger partial charge in [0, 0.05) is 25.0 Å². The molecule has 0 spiro atoms. The summed E-state index contributed by atoms with van der Waals surface area (Å²) >= 11 is 0. The molecule has 22 heavy (non-hydrogen) atoms. The molecule has 4 rings (SSSR count). The lowest BCUT2D eigenvalue weighted by Crippen LogP contribution is -2.57. The second kappa shape index (κ2) is 5.09. The maximum Gasteiger partial charge on any atom is 0.407 e. The van der Waals surface area contributed by atoms with Gasteiger partial charge in [0.05, 0.1) is 12.4 Å². The van der Waals surface area contributed by atoms with E-state index in [0.29, 0.717) is 31.9 Å². The summed E-state index contributed by atoms with van der Waals surface area (Å²) < 4.78 is 32.4. The third-order valence-electron chi connectivity index (χ3n) is 6.20. The quantitative estimate of drug-likeness (QED) is 0.848. The summed E-state index contributed by atoms with van der Waals surface area (Å²) in [5.74, 6) is 1.17. The molecule has 2 bridgehead atoms. The van der Waals surface area contributed by atoms with Gasteiger partial charge >= 0.3 is 6.09 Å². The molecular weight excluding hydrogens is 304 g/mol. The third kappa shape index (κ3) is 2.52. The third-order valence-corrected chi connectivity index (χ3v) is 8.29. The Morgan fingerprint density at radius 3 is 2.73 bits per heavy atom. The van der Waals surface area contributed by atoms with Crippen molar-refractivity contribution in [1.29, 1.82) is 0 Å². The van der Waals surface area contributed by atoms with Crippen molar-refractivity contribution in [3.63, 3.8) is 0 Å². The van der Waals surface area contributed by atoms with Gasteiger partial charge in [0.15, 0.2) is 0 Å². The number of carbonyl (C=O) groups is 1. The topological polar surface area (TPSA) is 75.7 Å². The van der Waals surface area contributed by atoms with Crippen LogP contribution in [0.4, 0.5) is 4.79 Å². The van der Waals surface area contributed by atoms with Gasteiger partial charge in [0.2, 0.25) is 10.0 Å². The first kappa shape index (κ1) is 14.8. The van der Waals surface area contributed by atoms with Crippen molar-refractivity contribution in [2.75, 3.05) is 25.4 Å². The largest absolute Gasteiger partial charge is 0.449 e. The molecule has 2 aliphatic heterocycles. The molecule has 124 valence electrons. The van der Waals surface area contributed by atoms with Gasteiger partial charge in [-0.1, -0.05) is 0 Å². The molecule has 0 aromatic heterocycles. The Hall–Kier alpha value is -0.820. The lowest BCUT2D eigenvalue weighted by atomic mass is 9.87. The first-order valence-corrected chi connectivity index (χ1v) is 9.98. The van der Waals surface area contributed by atoms with Crippen molar-refractivity contribution in [2.45, 2.75) is 44.6 Å². The molecule has 2 heterocycles. The van der Waals surface area contributed by atoms with E-state index in [1.54, 1.807) is 4.31 Å². The molecule has 0 unspecified atom stereocenters. The Labute approximate surface area is 131 Å². The highest BCUT2D eigenvalue weighted by Crippen LogP contribution is 2.54. The Balaban J connectivity index is 1.44. The van der Waals surface area contributed by atoms with Crippen molar-refractivity contribution in [3.05, 3.63) is 0 Å². The standard InChI is InChI=1S/C15H24N2O4S/c18-14-16-13-3-6-17(8-12(13)9-21-14)22(19,20)10-15-4-1-11(7-15)2-5-15/h11-13H,1-10H2,(H,16,18)/t11?,12-,13+,15?/m1/s1. The number of nitrogens with zero attached hydrogens (tertiary/aromatic N) is 1. The molecule has 7 heteroatoms. The number of piperidine rings is 1. The van der Waals surface area contributed by atoms with Crippen LogP contribution in [-0.4, -0.2) is 50.3 Å². The van der Waals surface area contributed by atoms with Crippen molar-refractivity contribution >= 4 is 16.1 Å². The van der Waals surface area contributed by atoms with Crippen LogP contribution in [0.3, 0.4) is 0 Å². The van der Waals surface area contributed by atoms with Crippen LogP contribution in [0.1, 0.15) is 38.5 Å². The Morgan fingerprint density at radius 1 is 1.27 bits per heavy atom. The van der Waals surface area contributed by atoms with Gasteiger partial charge in [-0.25, -0.2) is 17.5 Å². The van der Waals surface area contributed by atoms with Gasteiger partial charge in [-0.15, -0.1) is 0 Å². The molecule has 1 N–H and O–H groups in total. The highest BCUT2D eigenvalue weighted by Gasteiger charge is 2.49. The maximum absolute atomic E-state index is 12.9. The molecule has 4 aliphatic rings. The molecule has 1 amide bonds. The van der Waals surface area contributed by atoms with Gasteiger partial charge < -0.3 is 10.1 Å². The summed E-state index contributed by atoms with van der Waals surface area (Å²) in [6.45, 7) is 1.33. The van der Waals surface area contributed by atoms with Crippen LogP contribution in [0.2, 0.25) is 0 Å². The molecular formula is C15H24N2O4S. The van der Waals surface area contributed by atoms with E-state index in [1.165, 1.54) is 12.8 Å². The number of alkyl carbamates (subject to hydrolysis) is 1. The smallest absolute Gasteiger partial charge is 0.407 e. The van der Waals surface area contributed by atoms with Gasteiger partial charge in [-0.2, -0.15) is 0 Å². The average molecular weight is 328 g/mol. The molecule has 2 aliphatic carbocycles. The predicted octanol–water partition coefficient (Wildman–Crippen LogP) is 1.33. The van der Waals surface area contributed by atoms with Crippen molar-refractivity contribution < 1.29 is 17.9 Å². The molecule has 2 atom stereocenters. The summed E-state index contributed by atoms with van der Waals surface area (Å²) in [5.41, 5.74) is 0.0532. The lowest BCUT2D eigenvalue weighted by molar-refractivity contribution is 0.0558. The first-order chi connectivity index (χ1) is 10.5. The Bertz CT molecular complexity index is 568. The lowest BCUT2D eigenvalue weighted by Gasteiger charge is -2.41. The minimum absolute atomic E-state index is 0.0532. The molecule has 0 radical (unpaired) electrons. The van der Waals surface area contributed by atoms with Crippen molar-refractivity contribution in [3.8, 4) is 0 Å². The monoisotopic (exact) mass is 328 g/mol. The first-order valence-electron chi connectivity index (χ1n) is 8.37. The zero-order valence-electron chi connectivity index (χ0n) is 12.8. The number of cyclic esters (lactones) is 1. The number of ether oxygens (including phenoxy) is 1. The maximum atomic E-state index is 12.9. The second-order valence-corrected chi connectivity index (χ2v) is 9.63. The number of fused-ring (bicyclic) bond motifs is 3. The number of hydrogen-bond donors (Lipinski definition) is 1. The second-order valence-electron chi connectivity index (χ2n) is 7.66. The summed E-state index contributed by atoms with van der Waals surface area (Å²) in [7, 11) is -3.21. The van der Waals surface area contributed by atoms with Crippen LogP contribution in [0.5, 0.6) is 0 Å². The van der Waals surface area contributed by atoms with Crippen LogP contribution < -0.4 is 5.32 Å². The van der Waals surface area contributed by atoms with Crippen LogP contribution in [0, 0.1) is 17.3 Å². The molecule has 2 saturated heterocycles. The van der Waals surface area contributed by atoms with Gasteiger partial charge in [-0.05, 0) is 49.9 Å². The highest BCUT2D eigenvalue weighted by molar-refractivity contribution is 7.89. The zero-order valence-corrected chi connectivity index (χ0v) is 13.6. The van der Waals surface area contributed by atoms with E-state index in [1.807, 2.05) is 0 Å². The van der Waals surface area contributed by atoms with E-state index >= 15 is 0 Å². The number of amides is 1. The predicted molar refractivity (Wildman–Crippen MR) is 80.7 cm³/mol. The van der Waals surface area contributed by atoms with E-state index in [-0.39, 0.29) is 23.5 Å². The fraction of sp³-hybridized carbons (Fsp3) is 0.933. The summed E-state index contributed by atoms with van der Waals surface area (Å²) in [5, 5.41) is 2.81. The van der Waals surface area contributed by atoms with Crippen LogP contribution in [-0.2, 0) is 14.8 Å². The van der Waals surface area contributed by atoms with Gasteiger partial charge in [0.25, 0.3) is 0 Å². The SMILES string of the molecule is O=C1N[C@H]2CCN(S(=O)(=O)CC34CCC(CC3)C4)C[C@@H]2CO1. The summed E-state index contributed by atoms with van der Waals surface area (Å²) in [6, 6.07) is 0.0632. The Kier molecular flexibility index (Phi) is 3.41. The number of rotatable bonds is 3. The minimum Gasteiger partial charge on any atom is -0.449 e. The van der Waals surface area contributed by atoms with Crippen LogP contribution in [0.25, 0.3) is 0 Å². The number of sulfonamides is 1. The summed E-state index contributed by atoms with van der Waals surface area (Å²) in [6.07, 6.45) is 5.99. The summed E-state index contributed by atoms with van der Waals surface area (Å²) in [4.78, 5) is 11.2. The number of nitrogens with one attached hydrogen (secondary N) is 1. The van der Waals surface area contributed by atoms with Crippen molar-refractivity contribution in [1.82, 2.24) is 9.62 Å². The van der Waals surface area contributed by atoms with E-state index in [2.05, 4.69) is 5.32 Å². The molecule has 2 saturated carbocycles. The van der Waals surface area contributed by atoms with Gasteiger partial charge in [-0.3, -0.25) is 0 Å². The fourth-order valence-electron chi connectivity index (χ4n) is 4.98. The molecule has 6 nitrogen and oxygen atoms in total. The molecule has 0 aromatic rings. The van der Waals surface area contributed by atoms with Crippen molar-refractivity contribution in [2.24, 2.45) is 17.3 Å². The van der Waals surface area contributed by atoms with E-state index in [9.17, 15) is 13.2 Å². The minimum atomic E-state index is -3.21.